The van der Waals surface area contributed by atoms with Gasteiger partial charge in [0.15, 0.2) is 23.0 Å². The van der Waals surface area contributed by atoms with Gasteiger partial charge < -0.3 is 28.4 Å². The van der Waals surface area contributed by atoms with Crippen LogP contribution in [0, 0.1) is 0 Å². The maximum absolute atomic E-state index is 12.1. The topological polar surface area (TPSA) is 179 Å². The molecule has 0 radical (unpaired) electrons. The smallest absolute Gasteiger partial charge is 0.493 e. The van der Waals surface area contributed by atoms with E-state index in [9.17, 15) is 19.2 Å². The molecule has 0 bridgehead atoms. The summed E-state index contributed by atoms with van der Waals surface area (Å²) in [7, 11) is 5.47. The van der Waals surface area contributed by atoms with Gasteiger partial charge in [0.05, 0.1) is 51.7 Å². The molecule has 0 fully saturated rings. The molecule has 0 N–H and O–H groups in total. The predicted octanol–water partition coefficient (Wildman–Crippen LogP) is 4.29. The summed E-state index contributed by atoms with van der Waals surface area (Å²) in [4.78, 5) is 64.5. The first-order chi connectivity index (χ1) is 20.4. The van der Waals surface area contributed by atoms with E-state index < -0.39 is 24.2 Å². The average molecular weight is 599 g/mol. The Morgan fingerprint density at radius 2 is 0.929 bits per heavy atom. The molecule has 0 heterocycles. The summed E-state index contributed by atoms with van der Waals surface area (Å²) >= 11 is 0. The number of methoxy groups -OCH3 is 4. The van der Waals surface area contributed by atoms with Crippen molar-refractivity contribution in [3.8, 4) is 23.0 Å². The number of para-hydroxylation sites is 2. The fourth-order valence-corrected chi connectivity index (χ4v) is 3.25. The Kier molecular flexibility index (Phi) is 14.6. The van der Waals surface area contributed by atoms with Crippen molar-refractivity contribution in [1.82, 2.24) is 0 Å². The molecule has 0 saturated carbocycles. The van der Waals surface area contributed by atoms with Gasteiger partial charge in [0, 0.05) is 0 Å². The lowest BCUT2D eigenvalue weighted by Crippen LogP contribution is -2.14. The largest absolute Gasteiger partial charge is 0.543 e. The number of benzene rings is 2. The Morgan fingerprint density at radius 1 is 0.524 bits per heavy atom. The number of rotatable bonds is 17. The number of carbonyl (C=O) groups excluding carboxylic acids is 4. The summed E-state index contributed by atoms with van der Waals surface area (Å²) < 4.78 is 29.9. The van der Waals surface area contributed by atoms with Crippen molar-refractivity contribution in [2.45, 2.75) is 25.7 Å². The minimum atomic E-state index is -1.22. The molecule has 0 aliphatic carbocycles. The van der Waals surface area contributed by atoms with Gasteiger partial charge in [-0.2, -0.15) is 0 Å². The summed E-state index contributed by atoms with van der Waals surface area (Å²) in [5.41, 5.74) is -0.0417. The van der Waals surface area contributed by atoms with Crippen LogP contribution in [0.5, 0.6) is 23.0 Å². The van der Waals surface area contributed by atoms with Crippen LogP contribution in [0.25, 0.3) is 0 Å². The molecule has 2 aromatic carbocycles. The van der Waals surface area contributed by atoms with E-state index in [1.807, 2.05) is 0 Å². The van der Waals surface area contributed by atoms with E-state index >= 15 is 0 Å². The zero-order chi connectivity index (χ0) is 30.7. The number of carbonyl (C=O) groups is 4. The van der Waals surface area contributed by atoms with Gasteiger partial charge in [0.2, 0.25) is 0 Å². The van der Waals surface area contributed by atoms with E-state index in [4.69, 9.17) is 28.4 Å². The Bertz CT molecular complexity index is 1090. The molecular formula is C26H30O16. The first-order valence-corrected chi connectivity index (χ1v) is 12.2. The lowest BCUT2D eigenvalue weighted by atomic mass is 10.2. The average Bonchev–Trinajstić information content (AvgIpc) is 3.00. The Labute approximate surface area is 239 Å². The maximum Gasteiger partial charge on any atom is 0.543 e. The van der Waals surface area contributed by atoms with E-state index in [2.05, 4.69) is 29.6 Å². The molecule has 0 aliphatic rings. The molecule has 2 rings (SSSR count). The third-order valence-corrected chi connectivity index (χ3v) is 5.15. The first-order valence-electron chi connectivity index (χ1n) is 12.2. The molecule has 0 atom stereocenters. The monoisotopic (exact) mass is 598 g/mol. The van der Waals surface area contributed by atoms with Crippen LogP contribution >= 0.6 is 0 Å². The molecule has 0 aromatic heterocycles. The van der Waals surface area contributed by atoms with Gasteiger partial charge in [0.25, 0.3) is 0 Å². The van der Waals surface area contributed by atoms with E-state index in [0.717, 1.165) is 0 Å². The molecule has 230 valence electrons. The lowest BCUT2D eigenvalue weighted by Gasteiger charge is -2.10. The molecule has 2 aromatic rings. The Morgan fingerprint density at radius 3 is 1.29 bits per heavy atom. The minimum absolute atomic E-state index is 0.0139. The SMILES string of the molecule is COc1cccc(C(=O)OOOC(=O)OCCCCCCOC(=O)OOOC(=O)c2cccc(OC)c2OC)c1OC. The molecule has 0 aliphatic heterocycles. The minimum Gasteiger partial charge on any atom is -0.493 e. The fraction of sp³-hybridized carbons (Fsp3) is 0.385. The van der Waals surface area contributed by atoms with Crippen LogP contribution in [-0.4, -0.2) is 65.9 Å². The predicted molar refractivity (Wildman–Crippen MR) is 135 cm³/mol. The highest BCUT2D eigenvalue weighted by Crippen LogP contribution is 2.32. The number of hydrogen-bond donors (Lipinski definition) is 0. The Balaban J connectivity index is 1.50. The highest BCUT2D eigenvalue weighted by atomic mass is 17.5. The Hall–Kier alpha value is -4.96. The van der Waals surface area contributed by atoms with Gasteiger partial charge in [0.1, 0.15) is 11.1 Å². The van der Waals surface area contributed by atoms with Crippen LogP contribution in [0.1, 0.15) is 46.4 Å². The highest BCUT2D eigenvalue weighted by Gasteiger charge is 2.21. The third kappa shape index (κ3) is 10.5. The van der Waals surface area contributed by atoms with Gasteiger partial charge in [-0.05, 0) is 49.9 Å². The second-order valence-electron chi connectivity index (χ2n) is 7.74. The van der Waals surface area contributed by atoms with Crippen molar-refractivity contribution in [3.05, 3.63) is 47.5 Å². The molecule has 42 heavy (non-hydrogen) atoms. The molecule has 0 unspecified atom stereocenters. The summed E-state index contributed by atoms with van der Waals surface area (Å²) in [6, 6.07) is 9.00. The summed E-state index contributed by atoms with van der Waals surface area (Å²) in [5.74, 6) is -1.19. The van der Waals surface area contributed by atoms with Crippen molar-refractivity contribution >= 4 is 24.2 Å². The zero-order valence-corrected chi connectivity index (χ0v) is 23.2. The third-order valence-electron chi connectivity index (χ3n) is 5.15. The van der Waals surface area contributed by atoms with E-state index in [1.165, 1.54) is 52.7 Å². The van der Waals surface area contributed by atoms with Gasteiger partial charge in [-0.3, -0.25) is 9.78 Å². The summed E-state index contributed by atoms with van der Waals surface area (Å²) in [6.45, 7) is -0.0277. The normalized spacial score (nSPS) is 10.1. The van der Waals surface area contributed by atoms with Crippen LogP contribution in [0.3, 0.4) is 0 Å². The second kappa shape index (κ2) is 18.4. The van der Waals surface area contributed by atoms with Gasteiger partial charge in [-0.1, -0.05) is 12.1 Å². The molecule has 0 amide bonds. The quantitative estimate of drug-likeness (QED) is 0.109. The molecule has 16 heteroatoms. The van der Waals surface area contributed by atoms with Crippen molar-refractivity contribution in [1.29, 1.82) is 0 Å². The van der Waals surface area contributed by atoms with Crippen molar-refractivity contribution < 1.29 is 77.2 Å². The van der Waals surface area contributed by atoms with E-state index in [1.54, 1.807) is 12.1 Å². The van der Waals surface area contributed by atoms with Crippen LogP contribution in [0.15, 0.2) is 36.4 Å². The second-order valence-corrected chi connectivity index (χ2v) is 7.74. The maximum atomic E-state index is 12.1. The number of ether oxygens (including phenoxy) is 6. The zero-order valence-electron chi connectivity index (χ0n) is 23.2. The van der Waals surface area contributed by atoms with Gasteiger partial charge in [-0.25, -0.2) is 29.0 Å². The van der Waals surface area contributed by atoms with Crippen molar-refractivity contribution in [3.63, 3.8) is 0 Å². The van der Waals surface area contributed by atoms with Crippen molar-refractivity contribution in [2.75, 3.05) is 41.7 Å². The molecule has 0 spiro atoms. The fourth-order valence-electron chi connectivity index (χ4n) is 3.25. The number of hydrogen-bond acceptors (Lipinski definition) is 16. The standard InChI is InChI=1S/C26H30O16/c1-31-19-13-9-11-17(21(19)33-3)23(27)37-41-39-25(29)35-15-7-5-6-8-16-36-26(30)40-42-38-24(28)18-12-10-14-20(32-2)22(18)34-4/h9-14H,5-8,15-16H2,1-4H3. The molecule has 16 nitrogen and oxygen atoms in total. The lowest BCUT2D eigenvalue weighted by molar-refractivity contribution is -0.452. The van der Waals surface area contributed by atoms with E-state index in [-0.39, 0.29) is 35.8 Å². The van der Waals surface area contributed by atoms with Crippen LogP contribution < -0.4 is 18.9 Å². The summed E-state index contributed by atoms with van der Waals surface area (Å²) in [5, 5.41) is 8.34. The van der Waals surface area contributed by atoms with Gasteiger partial charge in [-0.15, -0.1) is 0 Å². The van der Waals surface area contributed by atoms with Crippen LogP contribution in [-0.2, 0) is 39.1 Å². The van der Waals surface area contributed by atoms with Gasteiger partial charge >= 0.3 is 24.2 Å². The summed E-state index contributed by atoms with van der Waals surface area (Å²) in [6.07, 6.45) is -0.337. The van der Waals surface area contributed by atoms with Crippen LogP contribution in [0.2, 0.25) is 0 Å². The molecular weight excluding hydrogens is 568 g/mol. The van der Waals surface area contributed by atoms with Crippen LogP contribution in [0.4, 0.5) is 9.59 Å². The highest BCUT2D eigenvalue weighted by molar-refractivity contribution is 5.93. The number of unbranched alkanes of at least 4 members (excludes halogenated alkanes) is 3. The molecule has 0 saturated heterocycles. The van der Waals surface area contributed by atoms with Crippen molar-refractivity contribution in [2.24, 2.45) is 0 Å². The first kappa shape index (κ1) is 33.2. The van der Waals surface area contributed by atoms with E-state index in [0.29, 0.717) is 37.2 Å².